The molecule has 1 aromatic heterocycles. The monoisotopic (exact) mass is 388 g/mol. The zero-order valence-corrected chi connectivity index (χ0v) is 16.5. The summed E-state index contributed by atoms with van der Waals surface area (Å²) in [5.41, 5.74) is 3.11. The van der Waals surface area contributed by atoms with Gasteiger partial charge in [0.15, 0.2) is 5.69 Å². The summed E-state index contributed by atoms with van der Waals surface area (Å²) in [7, 11) is -1.78. The summed E-state index contributed by atoms with van der Waals surface area (Å²) in [6.45, 7) is 3.99. The molecule has 0 bridgehead atoms. The normalized spacial score (nSPS) is 17.9. The molecule has 0 atom stereocenters. The fourth-order valence-corrected chi connectivity index (χ4v) is 5.28. The molecular formula is C19H24N4O3S. The number of benzene rings is 1. The van der Waals surface area contributed by atoms with Gasteiger partial charge in [-0.25, -0.2) is 8.42 Å². The zero-order valence-electron chi connectivity index (χ0n) is 15.7. The number of hydrogen-bond donors (Lipinski definition) is 0. The van der Waals surface area contributed by atoms with Crippen LogP contribution in [0.3, 0.4) is 0 Å². The standard InChI is InChI=1S/C19H24N4O3S/c1-14-5-7-15(8-6-14)27(25,26)23-12-9-17-16(13-23)18(20-21(17)2)19(24)22-10-3-4-11-22/h5-8H,3-4,9-13H2,1-2H3. The van der Waals surface area contributed by atoms with Gasteiger partial charge in [-0.1, -0.05) is 17.7 Å². The van der Waals surface area contributed by atoms with E-state index in [2.05, 4.69) is 5.10 Å². The highest BCUT2D eigenvalue weighted by atomic mass is 32.2. The lowest BCUT2D eigenvalue weighted by Crippen LogP contribution is -2.37. The Balaban J connectivity index is 1.66. The molecule has 0 aliphatic carbocycles. The molecule has 2 aliphatic heterocycles. The third-order valence-electron chi connectivity index (χ3n) is 5.46. The Morgan fingerprint density at radius 3 is 2.41 bits per heavy atom. The summed E-state index contributed by atoms with van der Waals surface area (Å²) in [6, 6.07) is 6.88. The number of fused-ring (bicyclic) bond motifs is 1. The van der Waals surface area contributed by atoms with E-state index in [9.17, 15) is 13.2 Å². The molecule has 1 fully saturated rings. The number of hydrogen-bond acceptors (Lipinski definition) is 4. The van der Waals surface area contributed by atoms with E-state index in [1.165, 1.54) is 4.31 Å². The van der Waals surface area contributed by atoms with Crippen molar-refractivity contribution in [3.05, 3.63) is 46.8 Å². The molecule has 0 saturated carbocycles. The SMILES string of the molecule is Cc1ccc(S(=O)(=O)N2CCc3c(c(C(=O)N4CCCC4)nn3C)C2)cc1. The fourth-order valence-electron chi connectivity index (χ4n) is 3.87. The summed E-state index contributed by atoms with van der Waals surface area (Å²) in [4.78, 5) is 15.0. The Hall–Kier alpha value is -2.19. The topological polar surface area (TPSA) is 75.5 Å². The van der Waals surface area contributed by atoms with Crippen molar-refractivity contribution in [3.63, 3.8) is 0 Å². The minimum atomic E-state index is -3.60. The third kappa shape index (κ3) is 3.17. The van der Waals surface area contributed by atoms with Crippen LogP contribution in [0.2, 0.25) is 0 Å². The van der Waals surface area contributed by atoms with Gasteiger partial charge in [0.25, 0.3) is 5.91 Å². The first kappa shape index (κ1) is 18.2. The minimum Gasteiger partial charge on any atom is -0.337 e. The number of aryl methyl sites for hydroxylation is 2. The number of aromatic nitrogens is 2. The van der Waals surface area contributed by atoms with E-state index in [-0.39, 0.29) is 17.3 Å². The van der Waals surface area contributed by atoms with Crippen molar-refractivity contribution in [1.29, 1.82) is 0 Å². The van der Waals surface area contributed by atoms with Gasteiger partial charge in [-0.2, -0.15) is 9.40 Å². The number of nitrogens with zero attached hydrogens (tertiary/aromatic N) is 4. The molecule has 2 aromatic rings. The van der Waals surface area contributed by atoms with Crippen LogP contribution in [0.4, 0.5) is 0 Å². The number of rotatable bonds is 3. The fraction of sp³-hybridized carbons (Fsp3) is 0.474. The van der Waals surface area contributed by atoms with Gasteiger partial charge in [0.1, 0.15) is 0 Å². The van der Waals surface area contributed by atoms with Gasteiger partial charge in [0, 0.05) is 50.9 Å². The Labute approximate surface area is 159 Å². The molecule has 2 aliphatic rings. The number of sulfonamides is 1. The number of carbonyl (C=O) groups is 1. The predicted octanol–water partition coefficient (Wildman–Crippen LogP) is 1.71. The summed E-state index contributed by atoms with van der Waals surface area (Å²) < 4.78 is 29.3. The molecule has 0 unspecified atom stereocenters. The smallest absolute Gasteiger partial charge is 0.274 e. The summed E-state index contributed by atoms with van der Waals surface area (Å²) in [6.07, 6.45) is 2.57. The second kappa shape index (κ2) is 6.76. The molecule has 1 aromatic carbocycles. The largest absolute Gasteiger partial charge is 0.337 e. The molecule has 8 heteroatoms. The molecule has 0 N–H and O–H groups in total. The first-order valence-electron chi connectivity index (χ1n) is 9.29. The van der Waals surface area contributed by atoms with Crippen LogP contribution in [0.25, 0.3) is 0 Å². The molecule has 4 rings (SSSR count). The minimum absolute atomic E-state index is 0.0843. The average Bonchev–Trinajstić information content (AvgIpc) is 3.30. The van der Waals surface area contributed by atoms with E-state index in [4.69, 9.17) is 0 Å². The Morgan fingerprint density at radius 1 is 1.07 bits per heavy atom. The lowest BCUT2D eigenvalue weighted by molar-refractivity contribution is 0.0784. The van der Waals surface area contributed by atoms with E-state index >= 15 is 0 Å². The van der Waals surface area contributed by atoms with Gasteiger partial charge in [0.05, 0.1) is 4.90 Å². The average molecular weight is 388 g/mol. The highest BCUT2D eigenvalue weighted by Crippen LogP contribution is 2.28. The second-order valence-corrected chi connectivity index (χ2v) is 9.24. The van der Waals surface area contributed by atoms with Crippen molar-refractivity contribution in [2.75, 3.05) is 19.6 Å². The highest BCUT2D eigenvalue weighted by Gasteiger charge is 2.35. The molecule has 0 radical (unpaired) electrons. The summed E-state index contributed by atoms with van der Waals surface area (Å²) >= 11 is 0. The van der Waals surface area contributed by atoms with Crippen molar-refractivity contribution in [2.45, 2.75) is 37.6 Å². The zero-order chi connectivity index (χ0) is 19.2. The van der Waals surface area contributed by atoms with Crippen LogP contribution >= 0.6 is 0 Å². The first-order chi connectivity index (χ1) is 12.9. The Kier molecular flexibility index (Phi) is 4.55. The van der Waals surface area contributed by atoms with E-state index in [0.29, 0.717) is 18.7 Å². The Morgan fingerprint density at radius 2 is 1.74 bits per heavy atom. The van der Waals surface area contributed by atoms with Crippen LogP contribution in [0.15, 0.2) is 29.2 Å². The number of likely N-dealkylation sites (tertiary alicyclic amines) is 1. The van der Waals surface area contributed by atoms with Crippen LogP contribution in [-0.2, 0) is 30.0 Å². The van der Waals surface area contributed by atoms with Crippen LogP contribution in [0.1, 0.15) is 40.2 Å². The van der Waals surface area contributed by atoms with Gasteiger partial charge in [-0.3, -0.25) is 9.48 Å². The number of carbonyl (C=O) groups excluding carboxylic acids is 1. The first-order valence-corrected chi connectivity index (χ1v) is 10.7. The van der Waals surface area contributed by atoms with Crippen molar-refractivity contribution in [1.82, 2.24) is 19.0 Å². The van der Waals surface area contributed by atoms with E-state index in [1.54, 1.807) is 28.9 Å². The van der Waals surface area contributed by atoms with Gasteiger partial charge in [-0.15, -0.1) is 0 Å². The highest BCUT2D eigenvalue weighted by molar-refractivity contribution is 7.89. The molecule has 144 valence electrons. The lowest BCUT2D eigenvalue weighted by atomic mass is 10.1. The van der Waals surface area contributed by atoms with Crippen LogP contribution in [0.5, 0.6) is 0 Å². The quantitative estimate of drug-likeness (QED) is 0.802. The van der Waals surface area contributed by atoms with Crippen molar-refractivity contribution >= 4 is 15.9 Å². The van der Waals surface area contributed by atoms with Crippen molar-refractivity contribution in [3.8, 4) is 0 Å². The molecular weight excluding hydrogens is 364 g/mol. The maximum absolute atomic E-state index is 13.1. The van der Waals surface area contributed by atoms with Gasteiger partial charge >= 0.3 is 0 Å². The molecule has 1 amide bonds. The maximum atomic E-state index is 13.1. The third-order valence-corrected chi connectivity index (χ3v) is 7.32. The summed E-state index contributed by atoms with van der Waals surface area (Å²) in [5.74, 6) is -0.0843. The van der Waals surface area contributed by atoms with Crippen LogP contribution in [0, 0.1) is 6.92 Å². The van der Waals surface area contributed by atoms with E-state index < -0.39 is 10.0 Å². The number of amides is 1. The maximum Gasteiger partial charge on any atom is 0.274 e. The second-order valence-electron chi connectivity index (χ2n) is 7.30. The van der Waals surface area contributed by atoms with Crippen LogP contribution in [-0.4, -0.2) is 52.9 Å². The van der Waals surface area contributed by atoms with Crippen molar-refractivity contribution in [2.24, 2.45) is 7.05 Å². The van der Waals surface area contributed by atoms with Gasteiger partial charge < -0.3 is 4.90 Å². The van der Waals surface area contributed by atoms with Crippen LogP contribution < -0.4 is 0 Å². The molecule has 7 nitrogen and oxygen atoms in total. The summed E-state index contributed by atoms with van der Waals surface area (Å²) in [5, 5.41) is 4.44. The lowest BCUT2D eigenvalue weighted by Gasteiger charge is -2.27. The van der Waals surface area contributed by atoms with E-state index in [0.717, 1.165) is 42.8 Å². The van der Waals surface area contributed by atoms with E-state index in [1.807, 2.05) is 18.9 Å². The van der Waals surface area contributed by atoms with Gasteiger partial charge in [0.2, 0.25) is 10.0 Å². The molecule has 1 saturated heterocycles. The van der Waals surface area contributed by atoms with Gasteiger partial charge in [-0.05, 0) is 31.9 Å². The predicted molar refractivity (Wildman–Crippen MR) is 101 cm³/mol. The molecule has 3 heterocycles. The molecule has 27 heavy (non-hydrogen) atoms. The Bertz CT molecular complexity index is 973. The molecule has 0 spiro atoms. The van der Waals surface area contributed by atoms with Crippen molar-refractivity contribution < 1.29 is 13.2 Å².